The Morgan fingerprint density at radius 1 is 0.906 bits per heavy atom. The SMILES string of the molecule is CN1C(=O)[C@H](Cc2ccc(C(N)=O)cc2)O[C@@H](c2ccc(Cl)cc2)[C@H]1c1ccc(Cl)cc1. The standard InChI is InChI=1S/C25H22Cl2N2O3/c1-29-22(16-6-10-19(26)11-7-16)23(17-8-12-20(27)13-9-17)32-21(25(29)31)14-15-2-4-18(5-3-15)24(28)30/h2-13,21-23H,14H2,1H3,(H2,28,30)/t21-,22+,23-/m0/s1. The van der Waals surface area contributed by atoms with Gasteiger partial charge in [-0.05, 0) is 53.1 Å². The zero-order valence-electron chi connectivity index (χ0n) is 17.4. The molecule has 1 fully saturated rings. The molecule has 1 heterocycles. The van der Waals surface area contributed by atoms with Crippen molar-refractivity contribution in [3.05, 3.63) is 105 Å². The second-order valence-corrected chi connectivity index (χ2v) is 8.68. The molecule has 164 valence electrons. The third kappa shape index (κ3) is 4.65. The molecule has 3 aromatic carbocycles. The molecule has 7 heteroatoms. The molecule has 3 atom stereocenters. The van der Waals surface area contributed by atoms with Crippen LogP contribution in [0.5, 0.6) is 0 Å². The number of amides is 2. The first kappa shape index (κ1) is 22.3. The van der Waals surface area contributed by atoms with Crippen LogP contribution in [0.3, 0.4) is 0 Å². The number of rotatable bonds is 5. The van der Waals surface area contributed by atoms with Crippen molar-refractivity contribution in [1.82, 2.24) is 4.90 Å². The number of carbonyl (C=O) groups is 2. The summed E-state index contributed by atoms with van der Waals surface area (Å²) in [5, 5.41) is 1.25. The fourth-order valence-electron chi connectivity index (χ4n) is 4.00. The average molecular weight is 469 g/mol. The summed E-state index contributed by atoms with van der Waals surface area (Å²) in [6.45, 7) is 0. The molecule has 0 bridgehead atoms. The molecule has 0 saturated carbocycles. The van der Waals surface area contributed by atoms with Crippen LogP contribution in [0.1, 0.15) is 39.2 Å². The predicted molar refractivity (Wildman–Crippen MR) is 125 cm³/mol. The van der Waals surface area contributed by atoms with Crippen molar-refractivity contribution in [3.8, 4) is 0 Å². The Hall–Kier alpha value is -2.86. The van der Waals surface area contributed by atoms with Gasteiger partial charge in [-0.25, -0.2) is 0 Å². The second kappa shape index (κ2) is 9.33. The molecule has 1 aliphatic rings. The number of benzene rings is 3. The minimum Gasteiger partial charge on any atom is -0.366 e. The van der Waals surface area contributed by atoms with Crippen molar-refractivity contribution in [3.63, 3.8) is 0 Å². The van der Waals surface area contributed by atoms with Crippen molar-refractivity contribution < 1.29 is 14.3 Å². The van der Waals surface area contributed by atoms with Crippen LogP contribution < -0.4 is 5.73 Å². The maximum absolute atomic E-state index is 13.3. The lowest BCUT2D eigenvalue weighted by molar-refractivity contribution is -0.171. The van der Waals surface area contributed by atoms with E-state index < -0.39 is 18.1 Å². The minimum atomic E-state index is -0.677. The highest BCUT2D eigenvalue weighted by Gasteiger charge is 2.42. The number of hydrogen-bond acceptors (Lipinski definition) is 3. The van der Waals surface area contributed by atoms with Gasteiger partial charge in [-0.1, -0.05) is 59.6 Å². The highest BCUT2D eigenvalue weighted by Crippen LogP contribution is 2.42. The number of likely N-dealkylation sites (N-methyl/N-ethyl adjacent to an activating group) is 1. The number of morpholine rings is 1. The fourth-order valence-corrected chi connectivity index (χ4v) is 4.26. The quantitative estimate of drug-likeness (QED) is 0.573. The van der Waals surface area contributed by atoms with E-state index in [2.05, 4.69) is 0 Å². The summed E-state index contributed by atoms with van der Waals surface area (Å²) in [7, 11) is 1.79. The molecule has 0 aromatic heterocycles. The van der Waals surface area contributed by atoms with Gasteiger partial charge < -0.3 is 15.4 Å². The van der Waals surface area contributed by atoms with Crippen molar-refractivity contribution in [2.24, 2.45) is 5.73 Å². The van der Waals surface area contributed by atoms with Crippen LogP contribution in [0.2, 0.25) is 10.0 Å². The zero-order valence-corrected chi connectivity index (χ0v) is 18.9. The van der Waals surface area contributed by atoms with Gasteiger partial charge in [-0.2, -0.15) is 0 Å². The number of primary amides is 1. The molecule has 2 N–H and O–H groups in total. The second-order valence-electron chi connectivity index (χ2n) is 7.81. The molecule has 1 saturated heterocycles. The Morgan fingerprint density at radius 2 is 1.44 bits per heavy atom. The van der Waals surface area contributed by atoms with Crippen LogP contribution in [0.25, 0.3) is 0 Å². The Morgan fingerprint density at radius 3 is 1.97 bits per heavy atom. The normalized spacial score (nSPS) is 20.9. The largest absolute Gasteiger partial charge is 0.366 e. The van der Waals surface area contributed by atoms with Gasteiger partial charge in [0.25, 0.3) is 5.91 Å². The molecular weight excluding hydrogens is 447 g/mol. The predicted octanol–water partition coefficient (Wildman–Crippen LogP) is 4.97. The maximum Gasteiger partial charge on any atom is 0.252 e. The molecule has 0 aliphatic carbocycles. The van der Waals surface area contributed by atoms with Crippen LogP contribution in [-0.2, 0) is 16.0 Å². The summed E-state index contributed by atoms with van der Waals surface area (Å²) in [5.41, 5.74) is 8.46. The van der Waals surface area contributed by atoms with Gasteiger partial charge in [0.1, 0.15) is 12.2 Å². The molecule has 5 nitrogen and oxygen atoms in total. The number of nitrogens with zero attached hydrogens (tertiary/aromatic N) is 1. The van der Waals surface area contributed by atoms with Gasteiger partial charge in [0.15, 0.2) is 0 Å². The van der Waals surface area contributed by atoms with E-state index in [0.29, 0.717) is 22.0 Å². The Labute approximate surface area is 196 Å². The summed E-state index contributed by atoms with van der Waals surface area (Å²) in [6.07, 6.45) is -0.700. The molecule has 2 amide bonds. The maximum atomic E-state index is 13.3. The van der Waals surface area contributed by atoms with E-state index in [1.807, 2.05) is 36.4 Å². The lowest BCUT2D eigenvalue weighted by atomic mass is 9.91. The van der Waals surface area contributed by atoms with Gasteiger partial charge >= 0.3 is 0 Å². The lowest BCUT2D eigenvalue weighted by Gasteiger charge is -2.43. The molecule has 32 heavy (non-hydrogen) atoms. The summed E-state index contributed by atoms with van der Waals surface area (Å²) >= 11 is 12.2. The van der Waals surface area contributed by atoms with Crippen molar-refractivity contribution >= 4 is 35.0 Å². The van der Waals surface area contributed by atoms with Crippen LogP contribution in [0.15, 0.2) is 72.8 Å². The van der Waals surface area contributed by atoms with E-state index in [1.165, 1.54) is 0 Å². The van der Waals surface area contributed by atoms with Gasteiger partial charge in [0.2, 0.25) is 5.91 Å². The molecule has 0 unspecified atom stereocenters. The van der Waals surface area contributed by atoms with Crippen LogP contribution in [-0.4, -0.2) is 29.9 Å². The van der Waals surface area contributed by atoms with Crippen molar-refractivity contribution in [2.45, 2.75) is 24.7 Å². The number of ether oxygens (including phenoxy) is 1. The van der Waals surface area contributed by atoms with Crippen LogP contribution >= 0.6 is 23.2 Å². The van der Waals surface area contributed by atoms with Crippen LogP contribution in [0.4, 0.5) is 0 Å². The molecular formula is C25H22Cl2N2O3. The third-order valence-electron chi connectivity index (χ3n) is 5.71. The van der Waals surface area contributed by atoms with Crippen LogP contribution in [0, 0.1) is 0 Å². The number of halogens is 2. The van der Waals surface area contributed by atoms with E-state index in [4.69, 9.17) is 33.7 Å². The van der Waals surface area contributed by atoms with E-state index in [9.17, 15) is 9.59 Å². The zero-order chi connectivity index (χ0) is 22.8. The van der Waals surface area contributed by atoms with Gasteiger partial charge in [-0.15, -0.1) is 0 Å². The van der Waals surface area contributed by atoms with E-state index >= 15 is 0 Å². The number of carbonyl (C=O) groups excluding carboxylic acids is 2. The average Bonchev–Trinajstić information content (AvgIpc) is 2.78. The summed E-state index contributed by atoms with van der Waals surface area (Å²) in [6, 6.07) is 21.5. The summed E-state index contributed by atoms with van der Waals surface area (Å²) in [4.78, 5) is 26.3. The molecule has 0 radical (unpaired) electrons. The fraction of sp³-hybridized carbons (Fsp3) is 0.200. The first-order valence-electron chi connectivity index (χ1n) is 10.2. The number of nitrogens with two attached hydrogens (primary N) is 1. The highest BCUT2D eigenvalue weighted by atomic mass is 35.5. The first-order chi connectivity index (χ1) is 15.3. The number of hydrogen-bond donors (Lipinski definition) is 1. The van der Waals surface area contributed by atoms with Gasteiger partial charge in [0.05, 0.1) is 6.04 Å². The minimum absolute atomic E-state index is 0.117. The monoisotopic (exact) mass is 468 g/mol. The van der Waals surface area contributed by atoms with E-state index in [0.717, 1.165) is 16.7 Å². The topological polar surface area (TPSA) is 72.6 Å². The highest BCUT2D eigenvalue weighted by molar-refractivity contribution is 6.30. The Kier molecular flexibility index (Phi) is 6.51. The summed E-state index contributed by atoms with van der Waals surface area (Å²) < 4.78 is 6.42. The van der Waals surface area contributed by atoms with Gasteiger partial charge in [-0.3, -0.25) is 9.59 Å². The molecule has 1 aliphatic heterocycles. The first-order valence-corrected chi connectivity index (χ1v) is 10.9. The van der Waals surface area contributed by atoms with Crippen molar-refractivity contribution in [1.29, 1.82) is 0 Å². The van der Waals surface area contributed by atoms with Gasteiger partial charge in [0, 0.05) is 29.1 Å². The lowest BCUT2D eigenvalue weighted by Crippen LogP contribution is -2.49. The molecule has 3 aromatic rings. The summed E-state index contributed by atoms with van der Waals surface area (Å²) in [5.74, 6) is -0.607. The molecule has 4 rings (SSSR count). The Balaban J connectivity index is 1.66. The van der Waals surface area contributed by atoms with E-state index in [1.54, 1.807) is 48.3 Å². The molecule has 0 spiro atoms. The smallest absolute Gasteiger partial charge is 0.252 e. The Bertz CT molecular complexity index is 1120. The van der Waals surface area contributed by atoms with Crippen molar-refractivity contribution in [2.75, 3.05) is 7.05 Å². The van der Waals surface area contributed by atoms with E-state index in [-0.39, 0.29) is 11.9 Å². The third-order valence-corrected chi connectivity index (χ3v) is 6.21.